The first kappa shape index (κ1) is 22.5. The fraction of sp³-hybridized carbons (Fsp3) is 0.231. The lowest BCUT2D eigenvalue weighted by molar-refractivity contribution is 0.0960. The van der Waals surface area contributed by atoms with Crippen LogP contribution < -0.4 is 10.1 Å². The van der Waals surface area contributed by atoms with Crippen LogP contribution in [0.1, 0.15) is 32.7 Å². The van der Waals surface area contributed by atoms with E-state index in [0.29, 0.717) is 17.3 Å². The molecule has 8 nitrogen and oxygen atoms in total. The zero-order valence-corrected chi connectivity index (χ0v) is 19.6. The van der Waals surface area contributed by atoms with E-state index >= 15 is 0 Å². The molecule has 5 rings (SSSR count). The first-order valence-corrected chi connectivity index (χ1v) is 11.1. The molecular formula is C26H23FN6O2. The van der Waals surface area contributed by atoms with Crippen molar-refractivity contribution in [3.05, 3.63) is 76.5 Å². The molecule has 0 spiro atoms. The maximum absolute atomic E-state index is 14.6. The molecule has 0 fully saturated rings. The van der Waals surface area contributed by atoms with Crippen molar-refractivity contribution in [2.45, 2.75) is 20.0 Å². The molecule has 0 saturated carbocycles. The summed E-state index contributed by atoms with van der Waals surface area (Å²) in [6, 6.07) is 11.1. The number of hydrogen-bond donors (Lipinski definition) is 1. The Balaban J connectivity index is 1.53. The maximum Gasteiger partial charge on any atom is 0.208 e. The van der Waals surface area contributed by atoms with Gasteiger partial charge in [-0.25, -0.2) is 14.4 Å². The van der Waals surface area contributed by atoms with Crippen LogP contribution in [0.4, 0.5) is 10.3 Å². The van der Waals surface area contributed by atoms with Gasteiger partial charge < -0.3 is 15.0 Å². The van der Waals surface area contributed by atoms with Gasteiger partial charge in [0, 0.05) is 30.4 Å². The number of nitrogens with zero attached hydrogens (tertiary/aromatic N) is 5. The van der Waals surface area contributed by atoms with E-state index in [1.807, 2.05) is 27.1 Å². The van der Waals surface area contributed by atoms with Crippen molar-refractivity contribution < 1.29 is 13.9 Å². The molecule has 9 heteroatoms. The summed E-state index contributed by atoms with van der Waals surface area (Å²) in [6.07, 6.45) is 3.28. The largest absolute Gasteiger partial charge is 0.485 e. The van der Waals surface area contributed by atoms with Gasteiger partial charge in [0.1, 0.15) is 17.6 Å². The molecule has 0 radical (unpaired) electrons. The Morgan fingerprint density at radius 1 is 1.26 bits per heavy atom. The first-order valence-electron chi connectivity index (χ1n) is 11.1. The smallest absolute Gasteiger partial charge is 0.208 e. The number of benzene rings is 2. The van der Waals surface area contributed by atoms with Gasteiger partial charge in [0.25, 0.3) is 0 Å². The number of fused-ring (bicyclic) bond motifs is 2. The van der Waals surface area contributed by atoms with Crippen molar-refractivity contribution >= 4 is 17.4 Å². The SMILES string of the molecule is Cc1cc(CN(C)C)ccc1-c1cnc(NCc2c(F)ccc3c2C(=O)CO3)n2cc(C#N)nc12. The minimum Gasteiger partial charge on any atom is -0.485 e. The number of aromatic nitrogens is 3. The predicted molar refractivity (Wildman–Crippen MR) is 129 cm³/mol. The molecule has 2 aromatic heterocycles. The molecule has 0 bridgehead atoms. The Morgan fingerprint density at radius 2 is 2.09 bits per heavy atom. The van der Waals surface area contributed by atoms with Crippen molar-refractivity contribution in [3.63, 3.8) is 0 Å². The number of ketones is 1. The molecule has 0 saturated heterocycles. The third-order valence-electron chi connectivity index (χ3n) is 5.96. The van der Waals surface area contributed by atoms with Crippen LogP contribution in [0.5, 0.6) is 5.75 Å². The third-order valence-corrected chi connectivity index (χ3v) is 5.96. The minimum atomic E-state index is -0.500. The van der Waals surface area contributed by atoms with E-state index < -0.39 is 5.82 Å². The fourth-order valence-electron chi connectivity index (χ4n) is 4.43. The van der Waals surface area contributed by atoms with Crippen molar-refractivity contribution in [1.82, 2.24) is 19.3 Å². The summed E-state index contributed by atoms with van der Waals surface area (Å²) in [6.45, 7) is 2.78. The Hall–Kier alpha value is -4.29. The monoisotopic (exact) mass is 470 g/mol. The standard InChI is InChI=1S/C26H23FN6O2/c1-15-8-16(12-32(2)3)4-5-18(15)19-10-29-26(33-13-17(9-28)31-25(19)33)30-11-20-21(27)6-7-23-24(20)22(34)14-35-23/h4-8,10,13H,11-12,14H2,1-3H3,(H,29,30). The van der Waals surface area contributed by atoms with E-state index in [9.17, 15) is 14.4 Å². The predicted octanol–water partition coefficient (Wildman–Crippen LogP) is 3.96. The molecule has 0 atom stereocenters. The Bertz CT molecular complexity index is 1520. The summed E-state index contributed by atoms with van der Waals surface area (Å²) in [5.74, 6) is -0.000623. The lowest BCUT2D eigenvalue weighted by atomic mass is 10.00. The fourth-order valence-corrected chi connectivity index (χ4v) is 4.43. The van der Waals surface area contributed by atoms with Gasteiger partial charge in [-0.3, -0.25) is 9.20 Å². The van der Waals surface area contributed by atoms with Crippen LogP contribution in [0.15, 0.2) is 42.7 Å². The Kier molecular flexibility index (Phi) is 5.67. The molecule has 2 aromatic carbocycles. The molecule has 0 amide bonds. The second kappa shape index (κ2) is 8.81. The van der Waals surface area contributed by atoms with E-state index in [0.717, 1.165) is 23.2 Å². The highest BCUT2D eigenvalue weighted by molar-refractivity contribution is 6.03. The van der Waals surface area contributed by atoms with E-state index in [1.54, 1.807) is 16.8 Å². The number of carbonyl (C=O) groups excluding carboxylic acids is 1. The van der Waals surface area contributed by atoms with Gasteiger partial charge in [0.2, 0.25) is 11.7 Å². The van der Waals surface area contributed by atoms with Crippen LogP contribution in [0, 0.1) is 24.1 Å². The summed E-state index contributed by atoms with van der Waals surface area (Å²) >= 11 is 0. The lowest BCUT2D eigenvalue weighted by Crippen LogP contribution is -2.12. The average Bonchev–Trinajstić information content (AvgIpc) is 3.43. The topological polar surface area (TPSA) is 95.5 Å². The molecule has 35 heavy (non-hydrogen) atoms. The summed E-state index contributed by atoms with van der Waals surface area (Å²) in [7, 11) is 4.05. The second-order valence-electron chi connectivity index (χ2n) is 8.78. The zero-order valence-electron chi connectivity index (χ0n) is 19.6. The summed E-state index contributed by atoms with van der Waals surface area (Å²) in [5.41, 5.74) is 5.26. The number of rotatable bonds is 6. The number of Topliss-reactive ketones (excluding diaryl/α,β-unsaturated/α-hetero) is 1. The lowest BCUT2D eigenvalue weighted by Gasteiger charge is -2.15. The number of nitriles is 1. The van der Waals surface area contributed by atoms with Crippen LogP contribution in [0.3, 0.4) is 0 Å². The molecule has 3 heterocycles. The maximum atomic E-state index is 14.6. The first-order chi connectivity index (χ1) is 16.9. The summed E-state index contributed by atoms with van der Waals surface area (Å²) in [4.78, 5) is 23.4. The second-order valence-corrected chi connectivity index (χ2v) is 8.78. The molecule has 0 aliphatic carbocycles. The van der Waals surface area contributed by atoms with Gasteiger partial charge in [-0.05, 0) is 49.8 Å². The highest BCUT2D eigenvalue weighted by Gasteiger charge is 2.27. The third kappa shape index (κ3) is 4.09. The number of anilines is 1. The number of ether oxygens (including phenoxy) is 1. The average molecular weight is 471 g/mol. The van der Waals surface area contributed by atoms with Crippen LogP contribution >= 0.6 is 0 Å². The van der Waals surface area contributed by atoms with Crippen LogP contribution in [-0.2, 0) is 13.1 Å². The van der Waals surface area contributed by atoms with Gasteiger partial charge >= 0.3 is 0 Å². The molecule has 4 aromatic rings. The molecule has 0 unspecified atom stereocenters. The molecule has 1 N–H and O–H groups in total. The normalized spacial score (nSPS) is 12.6. The number of nitrogens with one attached hydrogen (secondary N) is 1. The highest BCUT2D eigenvalue weighted by atomic mass is 19.1. The van der Waals surface area contributed by atoms with Crippen molar-refractivity contribution in [3.8, 4) is 22.9 Å². The van der Waals surface area contributed by atoms with Gasteiger partial charge in [0.05, 0.1) is 11.8 Å². The Labute approximate surface area is 201 Å². The van der Waals surface area contributed by atoms with Crippen LogP contribution in [0.25, 0.3) is 16.8 Å². The van der Waals surface area contributed by atoms with Crippen molar-refractivity contribution in [1.29, 1.82) is 5.26 Å². The minimum absolute atomic E-state index is 0.0177. The number of aryl methyl sites for hydroxylation is 1. The van der Waals surface area contributed by atoms with E-state index in [4.69, 9.17) is 4.74 Å². The van der Waals surface area contributed by atoms with Gasteiger partial charge in [-0.1, -0.05) is 18.2 Å². The van der Waals surface area contributed by atoms with E-state index in [-0.39, 0.29) is 35.8 Å². The van der Waals surface area contributed by atoms with Gasteiger partial charge in [-0.2, -0.15) is 5.26 Å². The number of imidazole rings is 1. The molecule has 1 aliphatic heterocycles. The number of hydrogen-bond acceptors (Lipinski definition) is 7. The number of carbonyl (C=O) groups is 1. The van der Waals surface area contributed by atoms with E-state index in [2.05, 4.69) is 38.4 Å². The van der Waals surface area contributed by atoms with Crippen LogP contribution in [0.2, 0.25) is 0 Å². The van der Waals surface area contributed by atoms with Crippen LogP contribution in [-0.4, -0.2) is 45.8 Å². The number of halogens is 1. The quantitative estimate of drug-likeness (QED) is 0.456. The molecular weight excluding hydrogens is 447 g/mol. The summed E-state index contributed by atoms with van der Waals surface area (Å²) in [5, 5.41) is 12.6. The van der Waals surface area contributed by atoms with Crippen molar-refractivity contribution in [2.75, 3.05) is 26.0 Å². The van der Waals surface area contributed by atoms with E-state index in [1.165, 1.54) is 17.7 Å². The Morgan fingerprint density at radius 3 is 2.83 bits per heavy atom. The van der Waals surface area contributed by atoms with Gasteiger partial charge in [-0.15, -0.1) is 0 Å². The highest BCUT2D eigenvalue weighted by Crippen LogP contribution is 2.32. The van der Waals surface area contributed by atoms with Crippen molar-refractivity contribution in [2.24, 2.45) is 0 Å². The molecule has 176 valence electrons. The molecule has 1 aliphatic rings. The summed E-state index contributed by atoms with van der Waals surface area (Å²) < 4.78 is 21.6. The van der Waals surface area contributed by atoms with Gasteiger partial charge in [0.15, 0.2) is 17.9 Å². The zero-order chi connectivity index (χ0) is 24.7.